The van der Waals surface area contributed by atoms with Gasteiger partial charge in [-0.2, -0.15) is 5.10 Å². The lowest BCUT2D eigenvalue weighted by Gasteiger charge is -2.32. The number of allylic oxidation sites excluding steroid dienone is 2. The van der Waals surface area contributed by atoms with Crippen molar-refractivity contribution in [3.05, 3.63) is 52.4 Å². The maximum Gasteiger partial charge on any atom is 0.268 e. The minimum atomic E-state index is 0. The standard InChI is InChI=1S/C20H20ClN5O2.C8H14BN.CH4/c1-5-13(9-22-3)18-12(2)6-7-15(19(18)28-4)24-16-8-17(21)25-26-10-14(11-27)23-20(16)26;1-3-7(2)8-4-9(5-8)6-10;/h5-11,24H,1-4H3;7-8H,3-5H2,1-2H3;1H4/b13-5+,22-9?;;. The average Bonchev–Trinajstić information content (AvgIpc) is 3.31. The van der Waals surface area contributed by atoms with Crippen molar-refractivity contribution in [2.24, 2.45) is 16.8 Å². The third-order valence-corrected chi connectivity index (χ3v) is 7.23. The Kier molecular flexibility index (Phi) is 11.7. The molecule has 3 heterocycles. The van der Waals surface area contributed by atoms with Gasteiger partial charge in [0.15, 0.2) is 17.1 Å². The van der Waals surface area contributed by atoms with Gasteiger partial charge in [0.05, 0.1) is 24.7 Å². The molecule has 206 valence electrons. The number of nitriles is 1. The highest BCUT2D eigenvalue weighted by Crippen LogP contribution is 2.38. The minimum Gasteiger partial charge on any atom is -0.494 e. The second-order valence-corrected chi connectivity index (χ2v) is 9.86. The summed E-state index contributed by atoms with van der Waals surface area (Å²) in [5, 5.41) is 16.2. The highest BCUT2D eigenvalue weighted by Gasteiger charge is 2.35. The second-order valence-electron chi connectivity index (χ2n) is 9.47. The Morgan fingerprint density at radius 3 is 2.69 bits per heavy atom. The predicted molar refractivity (Wildman–Crippen MR) is 163 cm³/mol. The number of aliphatic imine (C=N–C) groups is 1. The number of aldehydes is 1. The number of nitrogens with one attached hydrogen (secondary N) is 1. The number of nitrogens with zero attached hydrogens (tertiary/aromatic N) is 5. The number of methoxy groups -OCH3 is 1. The van der Waals surface area contributed by atoms with Crippen molar-refractivity contribution < 1.29 is 9.53 Å². The number of aryl methyl sites for hydroxylation is 1. The number of benzene rings is 1. The van der Waals surface area contributed by atoms with Gasteiger partial charge in [-0.3, -0.25) is 9.79 Å². The van der Waals surface area contributed by atoms with Crippen molar-refractivity contribution in [1.82, 2.24) is 14.6 Å². The molecule has 10 heteroatoms. The molecule has 1 aromatic carbocycles. The molecular weight excluding hydrogens is 511 g/mol. The third kappa shape index (κ3) is 7.27. The first-order valence-corrected chi connectivity index (χ1v) is 13.1. The van der Waals surface area contributed by atoms with Crippen molar-refractivity contribution in [3.63, 3.8) is 0 Å². The number of rotatable bonds is 8. The molecular formula is C29H38BClN6O2. The molecule has 39 heavy (non-hydrogen) atoms. The van der Waals surface area contributed by atoms with Crippen LogP contribution in [-0.4, -0.2) is 48.0 Å². The number of fused-ring (bicyclic) bond motifs is 1. The molecule has 1 fully saturated rings. The van der Waals surface area contributed by atoms with E-state index < -0.39 is 0 Å². The monoisotopic (exact) mass is 548 g/mol. The summed E-state index contributed by atoms with van der Waals surface area (Å²) in [5.41, 5.74) is 5.02. The van der Waals surface area contributed by atoms with E-state index in [1.165, 1.54) is 17.1 Å². The van der Waals surface area contributed by atoms with Gasteiger partial charge in [0, 0.05) is 30.9 Å². The van der Waals surface area contributed by atoms with Crippen LogP contribution < -0.4 is 10.1 Å². The van der Waals surface area contributed by atoms with Crippen molar-refractivity contribution in [1.29, 1.82) is 5.26 Å². The van der Waals surface area contributed by atoms with Gasteiger partial charge in [0.1, 0.15) is 11.4 Å². The summed E-state index contributed by atoms with van der Waals surface area (Å²) >= 11 is 6.14. The molecule has 1 saturated heterocycles. The zero-order valence-corrected chi connectivity index (χ0v) is 23.6. The van der Waals surface area contributed by atoms with Crippen LogP contribution in [0.2, 0.25) is 17.8 Å². The maximum absolute atomic E-state index is 11.1. The lowest BCUT2D eigenvalue weighted by molar-refractivity contribution is 0.111. The number of imidazole rings is 1. The third-order valence-electron chi connectivity index (χ3n) is 7.05. The van der Waals surface area contributed by atoms with E-state index in [0.29, 0.717) is 30.1 Å². The summed E-state index contributed by atoms with van der Waals surface area (Å²) < 4.78 is 7.20. The van der Waals surface area contributed by atoms with Crippen LogP contribution in [0.3, 0.4) is 0 Å². The van der Waals surface area contributed by atoms with Crippen molar-refractivity contribution in [2.75, 3.05) is 19.5 Å². The number of carbonyl (C=O) groups is 1. The van der Waals surface area contributed by atoms with Crippen LogP contribution in [0.1, 0.15) is 56.2 Å². The van der Waals surface area contributed by atoms with Gasteiger partial charge >= 0.3 is 0 Å². The van der Waals surface area contributed by atoms with Gasteiger partial charge in [-0.1, -0.05) is 64.1 Å². The molecule has 0 bridgehead atoms. The van der Waals surface area contributed by atoms with Gasteiger partial charge in [-0.25, -0.2) is 14.8 Å². The van der Waals surface area contributed by atoms with E-state index >= 15 is 0 Å². The highest BCUT2D eigenvalue weighted by molar-refractivity contribution is 6.69. The Hall–Kier alpha value is -3.64. The van der Waals surface area contributed by atoms with Crippen LogP contribution in [-0.2, 0) is 0 Å². The SMILES string of the molecule is C.C/C=C(\C=NC)c1c(C)ccc(Nc2cc(Cl)nn3cc(C=O)nc23)c1OC.CCC(C)C1CB(C#N)C1. The number of halogens is 1. The zero-order valence-electron chi connectivity index (χ0n) is 22.8. The normalized spacial score (nSPS) is 14.1. The summed E-state index contributed by atoms with van der Waals surface area (Å²) in [6, 6.07) is 5.57. The van der Waals surface area contributed by atoms with Crippen molar-refractivity contribution in [3.8, 4) is 11.7 Å². The molecule has 1 atom stereocenters. The minimum absolute atomic E-state index is 0. The van der Waals surface area contributed by atoms with Crippen LogP contribution in [0.15, 0.2) is 35.5 Å². The summed E-state index contributed by atoms with van der Waals surface area (Å²) in [4.78, 5) is 19.5. The molecule has 2 aromatic heterocycles. The van der Waals surface area contributed by atoms with E-state index in [0.717, 1.165) is 46.9 Å². The van der Waals surface area contributed by atoms with Crippen LogP contribution in [0.25, 0.3) is 11.2 Å². The second kappa shape index (κ2) is 14.5. The van der Waals surface area contributed by atoms with E-state index in [1.807, 2.05) is 32.1 Å². The van der Waals surface area contributed by atoms with E-state index in [9.17, 15) is 4.79 Å². The predicted octanol–water partition coefficient (Wildman–Crippen LogP) is 7.22. The largest absolute Gasteiger partial charge is 0.494 e. The molecule has 0 aliphatic carbocycles. The van der Waals surface area contributed by atoms with Crippen LogP contribution in [0, 0.1) is 30.0 Å². The Balaban J connectivity index is 0.000000410. The molecule has 0 radical (unpaired) electrons. The van der Waals surface area contributed by atoms with Crippen LogP contribution in [0.5, 0.6) is 5.75 Å². The van der Waals surface area contributed by atoms with Gasteiger partial charge < -0.3 is 10.1 Å². The summed E-state index contributed by atoms with van der Waals surface area (Å²) in [6.07, 6.45) is 9.54. The Labute approximate surface area is 237 Å². The molecule has 4 rings (SSSR count). The number of hydrogen-bond donors (Lipinski definition) is 1. The molecule has 0 amide bonds. The van der Waals surface area contributed by atoms with E-state index in [-0.39, 0.29) is 18.3 Å². The Morgan fingerprint density at radius 1 is 1.41 bits per heavy atom. The quantitative estimate of drug-likeness (QED) is 0.181. The Bertz CT molecular complexity index is 1390. The molecule has 0 spiro atoms. The summed E-state index contributed by atoms with van der Waals surface area (Å²) in [7, 11) is 3.35. The van der Waals surface area contributed by atoms with E-state index in [2.05, 4.69) is 40.2 Å². The zero-order chi connectivity index (χ0) is 27.8. The Morgan fingerprint density at radius 2 is 2.13 bits per heavy atom. The van der Waals surface area contributed by atoms with E-state index in [4.69, 9.17) is 21.6 Å². The van der Waals surface area contributed by atoms with Gasteiger partial charge in [0.2, 0.25) is 0 Å². The molecule has 1 N–H and O–H groups in total. The van der Waals surface area contributed by atoms with Gasteiger partial charge in [-0.15, -0.1) is 0 Å². The topological polar surface area (TPSA) is 105 Å². The first kappa shape index (κ1) is 31.6. The summed E-state index contributed by atoms with van der Waals surface area (Å²) in [6.45, 7) is 8.87. The van der Waals surface area contributed by atoms with Gasteiger partial charge in [0.25, 0.3) is 6.71 Å². The van der Waals surface area contributed by atoms with E-state index in [1.54, 1.807) is 26.4 Å². The lowest BCUT2D eigenvalue weighted by Crippen LogP contribution is -2.33. The number of hydrogen-bond acceptors (Lipinski definition) is 7. The first-order valence-electron chi connectivity index (χ1n) is 12.7. The smallest absolute Gasteiger partial charge is 0.268 e. The molecule has 1 aliphatic rings. The first-order chi connectivity index (χ1) is 18.3. The molecule has 8 nitrogen and oxygen atoms in total. The molecule has 3 aromatic rings. The van der Waals surface area contributed by atoms with Crippen molar-refractivity contribution >= 4 is 53.4 Å². The lowest BCUT2D eigenvalue weighted by atomic mass is 9.31. The highest BCUT2D eigenvalue weighted by atomic mass is 35.5. The fourth-order valence-corrected chi connectivity index (χ4v) is 4.79. The van der Waals surface area contributed by atoms with Crippen molar-refractivity contribution in [2.45, 2.75) is 54.2 Å². The number of ether oxygens (including phenoxy) is 1. The number of anilines is 2. The molecule has 1 unspecified atom stereocenters. The van der Waals surface area contributed by atoms with Crippen LogP contribution >= 0.6 is 11.6 Å². The number of carbonyl (C=O) groups excluding carboxylic acids is 1. The fraction of sp³-hybridized carbons (Fsp3) is 0.414. The molecule has 1 aliphatic heterocycles. The molecule has 0 saturated carbocycles. The maximum atomic E-state index is 11.1. The fourth-order valence-electron chi connectivity index (χ4n) is 4.60. The van der Waals surface area contributed by atoms with Gasteiger partial charge in [-0.05, 0) is 42.9 Å². The average molecular weight is 549 g/mol. The van der Waals surface area contributed by atoms with Crippen LogP contribution in [0.4, 0.5) is 11.4 Å². The summed E-state index contributed by atoms with van der Waals surface area (Å²) in [5.74, 6) is 4.67. The number of aromatic nitrogens is 3.